The summed E-state index contributed by atoms with van der Waals surface area (Å²) in [6, 6.07) is 0. The number of hydrogen-bond donors (Lipinski definition) is 1. The zero-order valence-corrected chi connectivity index (χ0v) is 6.27. The van der Waals surface area contributed by atoms with Gasteiger partial charge in [-0.15, -0.1) is 0 Å². The highest BCUT2D eigenvalue weighted by Gasteiger charge is 2.17. The van der Waals surface area contributed by atoms with E-state index in [1.165, 1.54) is 0 Å². The molecule has 11 heavy (non-hydrogen) atoms. The van der Waals surface area contributed by atoms with Crippen molar-refractivity contribution in [3.63, 3.8) is 0 Å². The van der Waals surface area contributed by atoms with Crippen molar-refractivity contribution in [2.24, 2.45) is 0 Å². The van der Waals surface area contributed by atoms with E-state index in [1.807, 2.05) is 0 Å². The molecule has 1 N–H and O–H groups in total. The van der Waals surface area contributed by atoms with E-state index < -0.39 is 12.6 Å². The van der Waals surface area contributed by atoms with Crippen LogP contribution in [0.15, 0.2) is 0 Å². The Balaban J connectivity index is 3.10. The number of alkyl halides is 3. The summed E-state index contributed by atoms with van der Waals surface area (Å²) in [6.45, 7) is 0.0473. The maximum atomic E-state index is 12.1. The third kappa shape index (κ3) is 6.16. The molecule has 1 nitrogen and oxygen atoms in total. The van der Waals surface area contributed by atoms with E-state index in [-0.39, 0.29) is 13.0 Å². The number of rotatable bonds is 6. The number of halogens is 3. The first-order valence-corrected chi connectivity index (χ1v) is 3.71. The molecule has 0 rings (SSSR count). The molecule has 0 saturated heterocycles. The minimum Gasteiger partial charge on any atom is -0.396 e. The summed E-state index contributed by atoms with van der Waals surface area (Å²) in [5.74, 6) is 0. The van der Waals surface area contributed by atoms with Gasteiger partial charge in [0.25, 0.3) is 6.43 Å². The molecule has 1 atom stereocenters. The van der Waals surface area contributed by atoms with E-state index in [0.29, 0.717) is 19.3 Å². The summed E-state index contributed by atoms with van der Waals surface area (Å²) < 4.78 is 35.2. The zero-order chi connectivity index (χ0) is 8.69. The minimum atomic E-state index is -2.86. The average Bonchev–Trinajstić information content (AvgIpc) is 1.97. The Kier molecular flexibility index (Phi) is 6.31. The second-order valence-electron chi connectivity index (χ2n) is 2.42. The third-order valence-corrected chi connectivity index (χ3v) is 1.41. The van der Waals surface area contributed by atoms with Crippen LogP contribution in [-0.4, -0.2) is 24.3 Å². The van der Waals surface area contributed by atoms with Crippen molar-refractivity contribution in [3.05, 3.63) is 0 Å². The van der Waals surface area contributed by atoms with E-state index in [0.717, 1.165) is 0 Å². The van der Waals surface area contributed by atoms with Gasteiger partial charge in [-0.3, -0.25) is 0 Å². The molecule has 0 spiro atoms. The molecule has 0 fully saturated rings. The van der Waals surface area contributed by atoms with Crippen LogP contribution < -0.4 is 0 Å². The third-order valence-electron chi connectivity index (χ3n) is 1.41. The lowest BCUT2D eigenvalue weighted by Gasteiger charge is -2.04. The molecule has 1 unspecified atom stereocenters. The van der Waals surface area contributed by atoms with Gasteiger partial charge in [0, 0.05) is 6.61 Å². The Labute approximate surface area is 64.2 Å². The molecule has 0 aromatic heterocycles. The largest absolute Gasteiger partial charge is 0.396 e. The van der Waals surface area contributed by atoms with Crippen LogP contribution in [-0.2, 0) is 0 Å². The van der Waals surface area contributed by atoms with E-state index in [4.69, 9.17) is 5.11 Å². The van der Waals surface area contributed by atoms with E-state index in [9.17, 15) is 13.2 Å². The topological polar surface area (TPSA) is 20.2 Å². The summed E-state index contributed by atoms with van der Waals surface area (Å²) in [5, 5.41) is 8.30. The van der Waals surface area contributed by atoms with Crippen LogP contribution in [0, 0.1) is 0 Å². The van der Waals surface area contributed by atoms with Gasteiger partial charge in [0.2, 0.25) is 0 Å². The highest BCUT2D eigenvalue weighted by Crippen LogP contribution is 2.13. The first-order valence-electron chi connectivity index (χ1n) is 3.71. The molecular formula is C7H13F3O. The van der Waals surface area contributed by atoms with Crippen LogP contribution in [0.1, 0.15) is 25.7 Å². The molecule has 0 saturated carbocycles. The van der Waals surface area contributed by atoms with Crippen molar-refractivity contribution >= 4 is 0 Å². The van der Waals surface area contributed by atoms with E-state index in [2.05, 4.69) is 0 Å². The average molecular weight is 170 g/mol. The number of unbranched alkanes of at least 4 members (excludes halogenated alkanes) is 2. The first kappa shape index (κ1) is 10.8. The quantitative estimate of drug-likeness (QED) is 0.605. The number of aliphatic hydroxyl groups is 1. The molecule has 0 aliphatic heterocycles. The fraction of sp³-hybridized carbons (Fsp3) is 1.00. The maximum absolute atomic E-state index is 12.1. The van der Waals surface area contributed by atoms with Crippen molar-refractivity contribution in [3.8, 4) is 0 Å². The monoisotopic (exact) mass is 170 g/mol. The summed E-state index contributed by atoms with van der Waals surface area (Å²) >= 11 is 0. The van der Waals surface area contributed by atoms with Gasteiger partial charge in [0.1, 0.15) is 0 Å². The zero-order valence-electron chi connectivity index (χ0n) is 6.27. The van der Waals surface area contributed by atoms with Crippen LogP contribution in [0.4, 0.5) is 13.2 Å². The fourth-order valence-corrected chi connectivity index (χ4v) is 0.754. The Morgan fingerprint density at radius 2 is 1.64 bits per heavy atom. The van der Waals surface area contributed by atoms with Gasteiger partial charge < -0.3 is 5.11 Å². The van der Waals surface area contributed by atoms with Crippen LogP contribution >= 0.6 is 0 Å². The van der Waals surface area contributed by atoms with Crippen LogP contribution in [0.5, 0.6) is 0 Å². The van der Waals surface area contributed by atoms with Crippen LogP contribution in [0.25, 0.3) is 0 Å². The van der Waals surface area contributed by atoms with Crippen LogP contribution in [0.3, 0.4) is 0 Å². The molecule has 4 heteroatoms. The summed E-state index contributed by atoms with van der Waals surface area (Å²) in [5.41, 5.74) is 0. The summed E-state index contributed by atoms with van der Waals surface area (Å²) in [6.07, 6.45) is -3.35. The lowest BCUT2D eigenvalue weighted by Crippen LogP contribution is -2.11. The van der Waals surface area contributed by atoms with Crippen molar-refractivity contribution in [1.82, 2.24) is 0 Å². The van der Waals surface area contributed by atoms with Crippen molar-refractivity contribution < 1.29 is 18.3 Å². The van der Waals surface area contributed by atoms with Crippen molar-refractivity contribution in [2.75, 3.05) is 6.61 Å². The van der Waals surface area contributed by atoms with Gasteiger partial charge in [-0.1, -0.05) is 12.8 Å². The Hall–Kier alpha value is -0.250. The minimum absolute atomic E-state index is 0.0473. The lowest BCUT2D eigenvalue weighted by atomic mass is 10.1. The van der Waals surface area contributed by atoms with Gasteiger partial charge in [0.05, 0.1) is 0 Å². The van der Waals surface area contributed by atoms with Gasteiger partial charge in [0.15, 0.2) is 6.17 Å². The highest BCUT2D eigenvalue weighted by atomic mass is 19.3. The van der Waals surface area contributed by atoms with Gasteiger partial charge in [-0.2, -0.15) is 0 Å². The van der Waals surface area contributed by atoms with Crippen LogP contribution in [0.2, 0.25) is 0 Å². The maximum Gasteiger partial charge on any atom is 0.269 e. The molecular weight excluding hydrogens is 157 g/mol. The molecule has 0 aromatic rings. The van der Waals surface area contributed by atoms with Crippen molar-refractivity contribution in [2.45, 2.75) is 38.3 Å². The highest BCUT2D eigenvalue weighted by molar-refractivity contribution is 4.58. The molecule has 0 amide bonds. The molecule has 68 valence electrons. The van der Waals surface area contributed by atoms with E-state index in [1.54, 1.807) is 0 Å². The van der Waals surface area contributed by atoms with E-state index >= 15 is 0 Å². The Morgan fingerprint density at radius 3 is 2.09 bits per heavy atom. The smallest absolute Gasteiger partial charge is 0.269 e. The SMILES string of the molecule is OCCCCCC(F)C(F)F. The second kappa shape index (κ2) is 6.46. The number of hydrogen-bond acceptors (Lipinski definition) is 1. The van der Waals surface area contributed by atoms with Gasteiger partial charge in [-0.05, 0) is 12.8 Å². The predicted octanol–water partition coefficient (Wildman–Crippen LogP) is 2.14. The van der Waals surface area contributed by atoms with Gasteiger partial charge in [-0.25, -0.2) is 13.2 Å². The van der Waals surface area contributed by atoms with Crippen molar-refractivity contribution in [1.29, 1.82) is 0 Å². The second-order valence-corrected chi connectivity index (χ2v) is 2.42. The normalized spacial score (nSPS) is 13.9. The predicted molar refractivity (Wildman–Crippen MR) is 36.5 cm³/mol. The molecule has 0 aromatic carbocycles. The molecule has 0 radical (unpaired) electrons. The molecule has 0 bridgehead atoms. The first-order chi connectivity index (χ1) is 5.18. The number of aliphatic hydroxyl groups excluding tert-OH is 1. The molecule has 0 heterocycles. The fourth-order valence-electron chi connectivity index (χ4n) is 0.754. The Morgan fingerprint density at radius 1 is 1.00 bits per heavy atom. The Bertz CT molecular complexity index is 87.8. The summed E-state index contributed by atoms with van der Waals surface area (Å²) in [7, 11) is 0. The molecule has 0 aliphatic carbocycles. The molecule has 0 aliphatic rings. The summed E-state index contributed by atoms with van der Waals surface area (Å²) in [4.78, 5) is 0. The lowest BCUT2D eigenvalue weighted by molar-refractivity contribution is 0.0438. The standard InChI is InChI=1S/C7H13F3O/c8-6(7(9)10)4-2-1-3-5-11/h6-7,11H,1-5H2. The van der Waals surface area contributed by atoms with Gasteiger partial charge >= 0.3 is 0 Å².